The van der Waals surface area contributed by atoms with E-state index in [4.69, 9.17) is 9.47 Å². The van der Waals surface area contributed by atoms with Crippen LogP contribution >= 0.6 is 15.9 Å². The molecule has 0 unspecified atom stereocenters. The van der Waals surface area contributed by atoms with Gasteiger partial charge in [-0.15, -0.1) is 0 Å². The van der Waals surface area contributed by atoms with Gasteiger partial charge in [0.2, 0.25) is 10.0 Å². The molecule has 7 heteroatoms. The fraction of sp³-hybridized carbons (Fsp3) is 0.455. The van der Waals surface area contributed by atoms with Crippen LogP contribution < -0.4 is 4.74 Å². The van der Waals surface area contributed by atoms with Crippen molar-refractivity contribution in [2.45, 2.75) is 4.90 Å². The van der Waals surface area contributed by atoms with E-state index in [1.54, 1.807) is 25.3 Å². The minimum atomic E-state index is -3.52. The van der Waals surface area contributed by atoms with E-state index >= 15 is 0 Å². The molecule has 0 atom stereocenters. The van der Waals surface area contributed by atoms with E-state index in [9.17, 15) is 8.42 Å². The molecule has 100 valence electrons. The zero-order chi connectivity index (χ0) is 13.2. The summed E-state index contributed by atoms with van der Waals surface area (Å²) in [6, 6.07) is 4.99. The minimum absolute atomic E-state index is 0.200. The summed E-state index contributed by atoms with van der Waals surface area (Å²) < 4.78 is 37.4. The Balaban J connectivity index is 2.42. The number of hydrogen-bond acceptors (Lipinski definition) is 4. The highest BCUT2D eigenvalue weighted by Gasteiger charge is 2.30. The second kappa shape index (κ2) is 5.56. The maximum Gasteiger partial charge on any atom is 0.246 e. The normalized spacial score (nSPS) is 18.8. The lowest BCUT2D eigenvalue weighted by Gasteiger charge is -2.18. The average Bonchev–Trinajstić information content (AvgIpc) is 2.45. The molecular weight excluding hydrogens is 322 g/mol. The number of sulfonamides is 1. The third-order valence-corrected chi connectivity index (χ3v) is 5.08. The molecule has 1 aliphatic heterocycles. The fourth-order valence-electron chi connectivity index (χ4n) is 1.74. The van der Waals surface area contributed by atoms with Gasteiger partial charge in [-0.05, 0) is 18.2 Å². The molecule has 0 saturated carbocycles. The zero-order valence-electron chi connectivity index (χ0n) is 9.93. The molecule has 0 N–H and O–H groups in total. The lowest BCUT2D eigenvalue weighted by Crippen LogP contribution is -2.35. The van der Waals surface area contributed by atoms with Gasteiger partial charge in [-0.1, -0.05) is 15.9 Å². The molecule has 0 radical (unpaired) electrons. The number of fused-ring (bicyclic) bond motifs is 1. The van der Waals surface area contributed by atoms with E-state index < -0.39 is 10.0 Å². The van der Waals surface area contributed by atoms with Crippen LogP contribution in [0.2, 0.25) is 0 Å². The maximum atomic E-state index is 12.5. The number of ether oxygens (including phenoxy) is 2. The smallest absolute Gasteiger partial charge is 0.246 e. The summed E-state index contributed by atoms with van der Waals surface area (Å²) >= 11 is 3.28. The largest absolute Gasteiger partial charge is 0.491 e. The molecule has 0 aliphatic carbocycles. The summed E-state index contributed by atoms with van der Waals surface area (Å²) in [6.45, 7) is 1.37. The Kier molecular flexibility index (Phi) is 4.26. The van der Waals surface area contributed by atoms with Gasteiger partial charge in [0.25, 0.3) is 0 Å². The summed E-state index contributed by atoms with van der Waals surface area (Å²) in [5.74, 6) is 0.401. The third-order valence-electron chi connectivity index (χ3n) is 2.67. The molecule has 1 aliphatic rings. The summed E-state index contributed by atoms with van der Waals surface area (Å²) in [7, 11) is -1.97. The topological polar surface area (TPSA) is 55.8 Å². The van der Waals surface area contributed by atoms with Crippen molar-refractivity contribution in [1.82, 2.24) is 4.31 Å². The monoisotopic (exact) mass is 335 g/mol. The standard InChI is InChI=1S/C11H14BrNO4S/c1-16-6-4-13-5-7-17-10-3-2-9(12)8-11(10)18(13,14)15/h2-3,8H,4-7H2,1H3. The summed E-state index contributed by atoms with van der Waals surface area (Å²) in [5.41, 5.74) is 0. The van der Waals surface area contributed by atoms with Crippen molar-refractivity contribution in [3.05, 3.63) is 22.7 Å². The van der Waals surface area contributed by atoms with Crippen LogP contribution in [0.3, 0.4) is 0 Å². The molecule has 5 nitrogen and oxygen atoms in total. The lowest BCUT2D eigenvalue weighted by molar-refractivity contribution is 0.173. The number of methoxy groups -OCH3 is 1. The molecule has 18 heavy (non-hydrogen) atoms. The van der Waals surface area contributed by atoms with Crippen molar-refractivity contribution < 1.29 is 17.9 Å². The van der Waals surface area contributed by atoms with Crippen LogP contribution in [0.5, 0.6) is 5.75 Å². The van der Waals surface area contributed by atoms with Crippen LogP contribution in [-0.4, -0.2) is 46.1 Å². The minimum Gasteiger partial charge on any atom is -0.491 e. The Hall–Kier alpha value is -0.630. The van der Waals surface area contributed by atoms with E-state index in [1.165, 1.54) is 4.31 Å². The average molecular weight is 336 g/mol. The molecule has 0 saturated heterocycles. The molecule has 2 rings (SSSR count). The van der Waals surface area contributed by atoms with Gasteiger partial charge in [0.1, 0.15) is 17.3 Å². The van der Waals surface area contributed by atoms with Crippen LogP contribution in [-0.2, 0) is 14.8 Å². The van der Waals surface area contributed by atoms with Crippen molar-refractivity contribution in [2.24, 2.45) is 0 Å². The number of nitrogens with zero attached hydrogens (tertiary/aromatic N) is 1. The van der Waals surface area contributed by atoms with Gasteiger partial charge in [-0.3, -0.25) is 0 Å². The molecule has 0 fully saturated rings. The van der Waals surface area contributed by atoms with Gasteiger partial charge in [0, 0.05) is 24.7 Å². The number of halogens is 1. The van der Waals surface area contributed by atoms with Crippen molar-refractivity contribution >= 4 is 26.0 Å². The molecule has 0 amide bonds. The molecule has 0 bridgehead atoms. The van der Waals surface area contributed by atoms with E-state index in [0.717, 1.165) is 0 Å². The third kappa shape index (κ3) is 2.69. The van der Waals surface area contributed by atoms with Crippen LogP contribution in [0.15, 0.2) is 27.6 Å². The van der Waals surface area contributed by atoms with Crippen molar-refractivity contribution in [3.8, 4) is 5.75 Å². The molecule has 0 aromatic heterocycles. The second-order valence-corrected chi connectivity index (χ2v) is 6.66. The van der Waals surface area contributed by atoms with Crippen molar-refractivity contribution in [3.63, 3.8) is 0 Å². The molecule has 1 heterocycles. The van der Waals surface area contributed by atoms with Crippen molar-refractivity contribution in [2.75, 3.05) is 33.4 Å². The lowest BCUT2D eigenvalue weighted by atomic mass is 10.3. The first-order valence-corrected chi connectivity index (χ1v) is 7.70. The SMILES string of the molecule is COCCN1CCOc2ccc(Br)cc2S1(=O)=O. The Morgan fingerprint density at radius 3 is 3.00 bits per heavy atom. The Morgan fingerprint density at radius 2 is 2.28 bits per heavy atom. The van der Waals surface area contributed by atoms with Gasteiger partial charge in [-0.2, -0.15) is 4.31 Å². The summed E-state index contributed by atoms with van der Waals surface area (Å²) in [6.07, 6.45) is 0. The maximum absolute atomic E-state index is 12.5. The van der Waals surface area contributed by atoms with Gasteiger partial charge in [-0.25, -0.2) is 8.42 Å². The van der Waals surface area contributed by atoms with E-state index in [1.807, 2.05) is 0 Å². The van der Waals surface area contributed by atoms with Gasteiger partial charge < -0.3 is 9.47 Å². The van der Waals surface area contributed by atoms with E-state index in [-0.39, 0.29) is 4.90 Å². The summed E-state index contributed by atoms with van der Waals surface area (Å²) in [4.78, 5) is 0.200. The van der Waals surface area contributed by atoms with Gasteiger partial charge in [0.15, 0.2) is 0 Å². The highest BCUT2D eigenvalue weighted by atomic mass is 79.9. The Bertz CT molecular complexity index is 530. The first-order chi connectivity index (χ1) is 8.55. The summed E-state index contributed by atoms with van der Waals surface area (Å²) in [5, 5.41) is 0. The first kappa shape index (κ1) is 13.8. The molecule has 1 aromatic rings. The van der Waals surface area contributed by atoms with E-state index in [2.05, 4.69) is 15.9 Å². The number of benzene rings is 1. The quantitative estimate of drug-likeness (QED) is 0.839. The molecular formula is C11H14BrNO4S. The zero-order valence-corrected chi connectivity index (χ0v) is 12.3. The Morgan fingerprint density at radius 1 is 1.50 bits per heavy atom. The number of hydrogen-bond donors (Lipinski definition) is 0. The van der Waals surface area contributed by atoms with Gasteiger partial charge in [0.05, 0.1) is 6.61 Å². The van der Waals surface area contributed by atoms with E-state index in [0.29, 0.717) is 36.5 Å². The second-order valence-electron chi connectivity index (χ2n) is 3.84. The Labute approximate surface area is 115 Å². The van der Waals surface area contributed by atoms with Crippen LogP contribution in [0.25, 0.3) is 0 Å². The predicted molar refractivity (Wildman–Crippen MR) is 70.3 cm³/mol. The molecule has 1 aromatic carbocycles. The van der Waals surface area contributed by atoms with Crippen LogP contribution in [0, 0.1) is 0 Å². The molecule has 0 spiro atoms. The first-order valence-electron chi connectivity index (χ1n) is 5.47. The van der Waals surface area contributed by atoms with Gasteiger partial charge >= 0.3 is 0 Å². The van der Waals surface area contributed by atoms with Crippen LogP contribution in [0.4, 0.5) is 0 Å². The number of rotatable bonds is 3. The highest BCUT2D eigenvalue weighted by Crippen LogP contribution is 2.31. The van der Waals surface area contributed by atoms with Crippen LogP contribution in [0.1, 0.15) is 0 Å². The fourth-order valence-corrected chi connectivity index (χ4v) is 3.82. The predicted octanol–water partition coefficient (Wildman–Crippen LogP) is 1.48. The van der Waals surface area contributed by atoms with Crippen molar-refractivity contribution in [1.29, 1.82) is 0 Å². The highest BCUT2D eigenvalue weighted by molar-refractivity contribution is 9.10.